The lowest BCUT2D eigenvalue weighted by atomic mass is 9.96. The van der Waals surface area contributed by atoms with Crippen LogP contribution >= 0.6 is 23.5 Å². The van der Waals surface area contributed by atoms with E-state index in [2.05, 4.69) is 19.8 Å². The summed E-state index contributed by atoms with van der Waals surface area (Å²) in [6.45, 7) is 12.9. The van der Waals surface area contributed by atoms with E-state index in [1.807, 2.05) is 40.4 Å². The number of hydrogen-bond acceptors (Lipinski definition) is 10. The average Bonchev–Trinajstić information content (AvgIpc) is 3.20. The molecule has 6 rings (SSSR count). The van der Waals surface area contributed by atoms with Crippen LogP contribution in [0.3, 0.4) is 0 Å². The smallest absolute Gasteiger partial charge is 0.333 e. The number of rotatable bonds is 8. The molecular weight excluding hydrogens is 629 g/mol. The zero-order valence-electron chi connectivity index (χ0n) is 27.6. The van der Waals surface area contributed by atoms with Crippen molar-refractivity contribution in [2.24, 2.45) is 9.98 Å². The fraction of sp³-hybridized carbons (Fsp3) is 0.812. The van der Waals surface area contributed by atoms with Crippen molar-refractivity contribution in [1.29, 1.82) is 0 Å². The van der Waals surface area contributed by atoms with E-state index in [1.165, 1.54) is 32.6 Å². The maximum absolute atomic E-state index is 13.5. The molecule has 6 aliphatic rings. The lowest BCUT2D eigenvalue weighted by Gasteiger charge is -2.42. The Hall–Kier alpha value is -2.48. The fourth-order valence-electron chi connectivity index (χ4n) is 7.46. The van der Waals surface area contributed by atoms with Gasteiger partial charge in [-0.1, -0.05) is 25.7 Å². The number of hydrogen-bond donors (Lipinski definition) is 0. The molecule has 0 radical (unpaired) electrons. The first kappa shape index (κ1) is 33.4. The van der Waals surface area contributed by atoms with Gasteiger partial charge in [0.25, 0.3) is 11.8 Å². The Morgan fingerprint density at radius 3 is 1.39 bits per heavy atom. The second kappa shape index (κ2) is 13.2. The van der Waals surface area contributed by atoms with Crippen molar-refractivity contribution in [2.45, 2.75) is 137 Å². The number of thioether (sulfide) groups is 2. The van der Waals surface area contributed by atoms with Gasteiger partial charge in [-0.3, -0.25) is 19.6 Å². The molecule has 0 aromatic rings. The van der Waals surface area contributed by atoms with Crippen LogP contribution < -0.4 is 0 Å². The van der Waals surface area contributed by atoms with Gasteiger partial charge in [0, 0.05) is 42.6 Å². The molecule has 0 aromatic heterocycles. The standard InChI is InChI=1S/C32H48N6O6S2/c1-20(43-29(41)23-31(2,3)45-27-21(25(39)37(23)27)33-18-35-14-10-6-7-11-15-35)44-30(42)24-32(4,5)46-28-22(26(40)38(24)28)34-19-36-16-12-8-9-13-17-36/h18-24,27-28H,6-17H2,1-5H3/b33-18+,34-19+/t20?,21?,22?,23-,24-,27+,28+/m0/s1. The van der Waals surface area contributed by atoms with Gasteiger partial charge in [0.2, 0.25) is 6.29 Å². The van der Waals surface area contributed by atoms with Crippen LogP contribution in [0.4, 0.5) is 0 Å². The van der Waals surface area contributed by atoms with Crippen molar-refractivity contribution >= 4 is 60.0 Å². The molecular formula is C32H48N6O6S2. The maximum Gasteiger partial charge on any atom is 0.333 e. The highest BCUT2D eigenvalue weighted by atomic mass is 32.2. The molecule has 12 nitrogen and oxygen atoms in total. The van der Waals surface area contributed by atoms with Gasteiger partial charge in [0.1, 0.15) is 22.8 Å². The number of amides is 2. The normalized spacial score (nSPS) is 34.5. The predicted octanol–water partition coefficient (Wildman–Crippen LogP) is 3.09. The summed E-state index contributed by atoms with van der Waals surface area (Å²) in [5, 5.41) is -0.497. The summed E-state index contributed by atoms with van der Waals surface area (Å²) in [6, 6.07) is -2.71. The molecule has 46 heavy (non-hydrogen) atoms. The second-order valence-corrected chi connectivity index (χ2v) is 17.8. The summed E-state index contributed by atoms with van der Waals surface area (Å²) in [5.74, 6) is -1.63. The summed E-state index contributed by atoms with van der Waals surface area (Å²) in [4.78, 5) is 70.1. The maximum atomic E-state index is 13.5. The summed E-state index contributed by atoms with van der Waals surface area (Å²) in [7, 11) is 0. The molecule has 0 aliphatic carbocycles. The molecule has 0 bridgehead atoms. The monoisotopic (exact) mass is 676 g/mol. The molecule has 0 spiro atoms. The van der Waals surface area contributed by atoms with E-state index in [-0.39, 0.29) is 22.6 Å². The highest BCUT2D eigenvalue weighted by Gasteiger charge is 2.66. The first-order chi connectivity index (χ1) is 21.9. The quantitative estimate of drug-likeness (QED) is 0.125. The molecule has 254 valence electrons. The number of esters is 2. The Labute approximate surface area is 280 Å². The first-order valence-electron chi connectivity index (χ1n) is 16.8. The third-order valence-electron chi connectivity index (χ3n) is 9.90. The zero-order valence-corrected chi connectivity index (χ0v) is 29.3. The summed E-state index contributed by atoms with van der Waals surface area (Å²) in [5.41, 5.74) is 0. The molecule has 0 aromatic carbocycles. The lowest BCUT2D eigenvalue weighted by molar-refractivity contribution is -0.196. The number of carbonyl (C=O) groups excluding carboxylic acids is 4. The van der Waals surface area contributed by atoms with Crippen molar-refractivity contribution in [2.75, 3.05) is 26.2 Å². The van der Waals surface area contributed by atoms with Crippen LogP contribution in [0.5, 0.6) is 0 Å². The predicted molar refractivity (Wildman–Crippen MR) is 178 cm³/mol. The van der Waals surface area contributed by atoms with Gasteiger partial charge < -0.3 is 29.1 Å². The van der Waals surface area contributed by atoms with E-state index >= 15 is 0 Å². The summed E-state index contributed by atoms with van der Waals surface area (Å²) in [6.07, 6.45) is 11.8. The number of fused-ring (bicyclic) bond motifs is 2. The zero-order chi connectivity index (χ0) is 32.8. The first-order valence-corrected chi connectivity index (χ1v) is 18.6. The van der Waals surface area contributed by atoms with Crippen molar-refractivity contribution in [3.05, 3.63) is 0 Å². The van der Waals surface area contributed by atoms with Crippen molar-refractivity contribution < 1.29 is 28.7 Å². The molecule has 2 amide bonds. The van der Waals surface area contributed by atoms with E-state index in [4.69, 9.17) is 9.47 Å². The van der Waals surface area contributed by atoms with Crippen LogP contribution in [0, 0.1) is 0 Å². The molecule has 14 heteroatoms. The number of carbonyl (C=O) groups is 4. The fourth-order valence-corrected chi connectivity index (χ4v) is 10.7. The Kier molecular flexibility index (Phi) is 9.59. The Morgan fingerprint density at radius 1 is 0.696 bits per heavy atom. The van der Waals surface area contributed by atoms with E-state index in [1.54, 1.807) is 33.3 Å². The molecule has 0 N–H and O–H groups in total. The van der Waals surface area contributed by atoms with Gasteiger partial charge in [-0.2, -0.15) is 0 Å². The molecule has 6 atom stereocenters. The van der Waals surface area contributed by atoms with Gasteiger partial charge in [-0.15, -0.1) is 23.5 Å². The van der Waals surface area contributed by atoms with Crippen LogP contribution in [0.25, 0.3) is 0 Å². The second-order valence-electron chi connectivity index (χ2n) is 14.3. The molecule has 0 saturated carbocycles. The number of aliphatic imine (C=N–C) groups is 2. The SMILES string of the molecule is CC(OC(=O)[C@@H]1N2C(=O)C(/N=C/N3CCCCCC3)[C@H]2SC1(C)C)OC(=O)[C@@H]1N2C(=O)C(/N=C/N3CCCCCC3)[C@H]2SC1(C)C. The van der Waals surface area contributed by atoms with Crippen LogP contribution in [-0.4, -0.2) is 133 Å². The number of β-lactam (4-membered cyclic amide) rings is 2. The van der Waals surface area contributed by atoms with Gasteiger partial charge in [-0.05, 0) is 53.4 Å². The van der Waals surface area contributed by atoms with Crippen molar-refractivity contribution in [1.82, 2.24) is 19.6 Å². The highest BCUT2D eigenvalue weighted by molar-refractivity contribution is 8.02. The van der Waals surface area contributed by atoms with Gasteiger partial charge in [-0.25, -0.2) is 9.59 Å². The van der Waals surface area contributed by atoms with E-state index in [0.29, 0.717) is 0 Å². The molecule has 6 heterocycles. The highest BCUT2D eigenvalue weighted by Crippen LogP contribution is 2.53. The van der Waals surface area contributed by atoms with Crippen LogP contribution in [0.1, 0.15) is 86.0 Å². The van der Waals surface area contributed by atoms with Crippen LogP contribution in [0.15, 0.2) is 9.98 Å². The minimum absolute atomic E-state index is 0.194. The van der Waals surface area contributed by atoms with Crippen LogP contribution in [-0.2, 0) is 28.7 Å². The lowest BCUT2D eigenvalue weighted by Crippen LogP contribution is -2.65. The van der Waals surface area contributed by atoms with Gasteiger partial charge in [0.05, 0.1) is 12.7 Å². The summed E-state index contributed by atoms with van der Waals surface area (Å²) < 4.78 is 10.1. The molecule has 6 saturated heterocycles. The Morgan fingerprint density at radius 2 is 1.04 bits per heavy atom. The third kappa shape index (κ3) is 6.36. The topological polar surface area (TPSA) is 124 Å². The Bertz CT molecular complexity index is 1170. The molecule has 2 unspecified atom stereocenters. The number of ether oxygens (including phenoxy) is 2. The third-order valence-corrected chi connectivity index (χ3v) is 13.0. The number of likely N-dealkylation sites (tertiary alicyclic amines) is 2. The molecule has 6 fully saturated rings. The van der Waals surface area contributed by atoms with E-state index < -0.39 is 51.9 Å². The Balaban J connectivity index is 1.04. The largest absolute Gasteiger partial charge is 0.424 e. The minimum Gasteiger partial charge on any atom is -0.424 e. The van der Waals surface area contributed by atoms with Gasteiger partial charge in [0.15, 0.2) is 12.1 Å². The summed E-state index contributed by atoms with van der Waals surface area (Å²) >= 11 is 3.09. The van der Waals surface area contributed by atoms with Crippen molar-refractivity contribution in [3.63, 3.8) is 0 Å². The minimum atomic E-state index is -1.19. The van der Waals surface area contributed by atoms with Gasteiger partial charge >= 0.3 is 11.9 Å². The van der Waals surface area contributed by atoms with E-state index in [0.717, 1.165) is 51.9 Å². The molecule has 6 aliphatic heterocycles. The number of nitrogens with zero attached hydrogens (tertiary/aromatic N) is 6. The van der Waals surface area contributed by atoms with Crippen molar-refractivity contribution in [3.8, 4) is 0 Å². The van der Waals surface area contributed by atoms with Crippen LogP contribution in [0.2, 0.25) is 0 Å². The average molecular weight is 677 g/mol. The van der Waals surface area contributed by atoms with E-state index in [9.17, 15) is 19.2 Å².